The summed E-state index contributed by atoms with van der Waals surface area (Å²) in [4.78, 5) is 9.64. The van der Waals surface area contributed by atoms with Crippen LogP contribution in [0.4, 0.5) is 0 Å². The zero-order valence-corrected chi connectivity index (χ0v) is 27.6. The molecule has 0 N–H and O–H groups in total. The van der Waals surface area contributed by atoms with Crippen LogP contribution < -0.4 is 4.74 Å². The van der Waals surface area contributed by atoms with E-state index < -0.39 is 0 Å². The first-order valence-corrected chi connectivity index (χ1v) is 15.6. The van der Waals surface area contributed by atoms with E-state index in [1.807, 2.05) is 42.9 Å². The van der Waals surface area contributed by atoms with E-state index in [-0.39, 0.29) is 21.1 Å². The van der Waals surface area contributed by atoms with Crippen molar-refractivity contribution in [3.63, 3.8) is 0 Å². The van der Waals surface area contributed by atoms with Crippen LogP contribution in [0.2, 0.25) is 0 Å². The number of hydrogen-bond donors (Lipinski definition) is 0. The Hall–Kier alpha value is -5.77. The summed E-state index contributed by atoms with van der Waals surface area (Å²) in [6, 6.07) is 51.1. The number of rotatable bonds is 4. The van der Waals surface area contributed by atoms with Crippen LogP contribution in [0, 0.1) is 12.1 Å². The van der Waals surface area contributed by atoms with Crippen molar-refractivity contribution in [1.82, 2.24) is 18.8 Å². The zero-order valence-electron chi connectivity index (χ0n) is 25.4. The largest absolute Gasteiger partial charge is 2.00 e. The number of aromatic nitrogens is 4. The van der Waals surface area contributed by atoms with Gasteiger partial charge in [0, 0.05) is 41.1 Å². The van der Waals surface area contributed by atoms with E-state index in [0.29, 0.717) is 11.5 Å². The average Bonchev–Trinajstić information content (AvgIpc) is 3.82. The van der Waals surface area contributed by atoms with Crippen molar-refractivity contribution in [1.29, 1.82) is 0 Å². The normalized spacial score (nSPS) is 11.6. The predicted molar refractivity (Wildman–Crippen MR) is 189 cm³/mol. The molecular formula is C42H24N4OPt. The standard InChI is InChI=1S/C42H24N4O.Pt/c1-3-9-27(10-4-1)29-15-18-35-33-20-17-30(24-36(33)41-43-21-22-45(41)39(35)23-29)47-31-16-19-32-34-13-7-8-14-38(34)46-40(28-11-5-2-6-12-28)26-44-42(46)37(32)25-31;/h1-23,26H;/q-2;+2. The molecule has 0 atom stereocenters. The molecule has 6 heteroatoms. The first-order valence-electron chi connectivity index (χ1n) is 15.6. The molecule has 4 heterocycles. The molecular weight excluding hydrogens is 772 g/mol. The number of nitrogens with zero attached hydrogens (tertiary/aromatic N) is 4. The Morgan fingerprint density at radius 2 is 1.15 bits per heavy atom. The van der Waals surface area contributed by atoms with Gasteiger partial charge in [0.05, 0.1) is 17.0 Å². The average molecular weight is 796 g/mol. The summed E-state index contributed by atoms with van der Waals surface area (Å²) in [5.41, 5.74) is 8.37. The Kier molecular flexibility index (Phi) is 6.63. The van der Waals surface area contributed by atoms with Crippen LogP contribution in [0.5, 0.6) is 11.5 Å². The maximum Gasteiger partial charge on any atom is 2.00 e. The second kappa shape index (κ2) is 11.2. The Morgan fingerprint density at radius 1 is 0.521 bits per heavy atom. The van der Waals surface area contributed by atoms with Crippen LogP contribution in [0.1, 0.15) is 0 Å². The van der Waals surface area contributed by atoms with Crippen LogP contribution in [0.15, 0.2) is 146 Å². The van der Waals surface area contributed by atoms with Crippen LogP contribution in [-0.4, -0.2) is 18.8 Å². The fourth-order valence-electron chi connectivity index (χ4n) is 6.92. The topological polar surface area (TPSA) is 43.8 Å². The number of benzene rings is 6. The molecule has 228 valence electrons. The summed E-state index contributed by atoms with van der Waals surface area (Å²) in [6.45, 7) is 0. The number of para-hydroxylation sites is 1. The van der Waals surface area contributed by atoms with E-state index in [0.717, 1.165) is 65.9 Å². The molecule has 0 saturated heterocycles. The molecule has 0 aliphatic heterocycles. The Balaban J connectivity index is 0.00000314. The fraction of sp³-hybridized carbons (Fsp3) is 0. The third-order valence-corrected chi connectivity index (χ3v) is 9.07. The van der Waals surface area contributed by atoms with Gasteiger partial charge in [-0.25, -0.2) is 0 Å². The molecule has 48 heavy (non-hydrogen) atoms. The quantitative estimate of drug-likeness (QED) is 0.132. The van der Waals surface area contributed by atoms with Gasteiger partial charge in [0.25, 0.3) is 0 Å². The second-order valence-electron chi connectivity index (χ2n) is 11.7. The number of hydrogen-bond acceptors (Lipinski definition) is 3. The van der Waals surface area contributed by atoms with Crippen LogP contribution in [-0.2, 0) is 21.1 Å². The molecule has 10 rings (SSSR count). The van der Waals surface area contributed by atoms with Crippen molar-refractivity contribution >= 4 is 54.6 Å². The van der Waals surface area contributed by atoms with Crippen LogP contribution in [0.3, 0.4) is 0 Å². The second-order valence-corrected chi connectivity index (χ2v) is 11.7. The van der Waals surface area contributed by atoms with Gasteiger partial charge in [-0.3, -0.25) is 9.97 Å². The van der Waals surface area contributed by atoms with Gasteiger partial charge in [-0.2, -0.15) is 0 Å². The maximum atomic E-state index is 6.48. The molecule has 5 nitrogen and oxygen atoms in total. The minimum atomic E-state index is 0. The first kappa shape index (κ1) is 28.5. The summed E-state index contributed by atoms with van der Waals surface area (Å²) < 4.78 is 10.8. The minimum Gasteiger partial charge on any atom is -0.497 e. The third-order valence-electron chi connectivity index (χ3n) is 9.07. The summed E-state index contributed by atoms with van der Waals surface area (Å²) in [5, 5.41) is 6.23. The minimum absolute atomic E-state index is 0. The molecule has 0 unspecified atom stereocenters. The molecule has 0 saturated carbocycles. The van der Waals surface area contributed by atoms with Gasteiger partial charge in [-0.05, 0) is 39.6 Å². The van der Waals surface area contributed by atoms with E-state index in [1.54, 1.807) is 0 Å². The summed E-state index contributed by atoms with van der Waals surface area (Å²) in [5.74, 6) is 1.20. The van der Waals surface area contributed by atoms with Gasteiger partial charge in [0.15, 0.2) is 0 Å². The monoisotopic (exact) mass is 795 g/mol. The molecule has 0 amide bonds. The van der Waals surface area contributed by atoms with E-state index in [9.17, 15) is 0 Å². The SMILES string of the molecule is [Pt+2].[c-]1c(Oc2[c-]c3c(cc2)c2ccccc2n2c(-c4ccccc4)cnc32)ccc2c1c1nccn1c1cc(-c3ccccc3)ccc21. The molecule has 0 spiro atoms. The van der Waals surface area contributed by atoms with Gasteiger partial charge in [0.2, 0.25) is 0 Å². The Morgan fingerprint density at radius 3 is 1.90 bits per heavy atom. The molecule has 0 aliphatic rings. The molecule has 0 aliphatic carbocycles. The number of fused-ring (bicyclic) bond motifs is 12. The molecule has 10 aromatic rings. The summed E-state index contributed by atoms with van der Waals surface area (Å²) >= 11 is 0. The van der Waals surface area contributed by atoms with E-state index in [1.165, 1.54) is 11.1 Å². The number of ether oxygens (including phenoxy) is 1. The van der Waals surface area contributed by atoms with Gasteiger partial charge < -0.3 is 13.5 Å². The predicted octanol–water partition coefficient (Wildman–Crippen LogP) is 10.3. The molecule has 0 radical (unpaired) electrons. The molecule has 0 bridgehead atoms. The van der Waals surface area contributed by atoms with Crippen molar-refractivity contribution < 1.29 is 25.8 Å². The summed E-state index contributed by atoms with van der Waals surface area (Å²) in [7, 11) is 0. The smallest absolute Gasteiger partial charge is 0.497 e. The third kappa shape index (κ3) is 4.35. The van der Waals surface area contributed by atoms with Crippen molar-refractivity contribution in [3.8, 4) is 33.9 Å². The van der Waals surface area contributed by atoms with Crippen molar-refractivity contribution in [2.45, 2.75) is 0 Å². The molecule has 4 aromatic heterocycles. The zero-order chi connectivity index (χ0) is 30.9. The van der Waals surface area contributed by atoms with E-state index in [2.05, 4.69) is 124 Å². The fourth-order valence-corrected chi connectivity index (χ4v) is 6.92. The Bertz CT molecular complexity index is 2820. The van der Waals surface area contributed by atoms with Crippen LogP contribution in [0.25, 0.3) is 77.0 Å². The first-order chi connectivity index (χ1) is 23.3. The maximum absolute atomic E-state index is 6.48. The van der Waals surface area contributed by atoms with Crippen molar-refractivity contribution in [2.75, 3.05) is 0 Å². The van der Waals surface area contributed by atoms with Crippen molar-refractivity contribution in [3.05, 3.63) is 158 Å². The van der Waals surface area contributed by atoms with Gasteiger partial charge in [-0.15, -0.1) is 12.1 Å². The van der Waals surface area contributed by atoms with E-state index >= 15 is 0 Å². The van der Waals surface area contributed by atoms with E-state index in [4.69, 9.17) is 14.7 Å². The number of pyridine rings is 2. The molecule has 6 aromatic carbocycles. The van der Waals surface area contributed by atoms with Gasteiger partial charge in [-0.1, -0.05) is 137 Å². The Labute approximate surface area is 290 Å². The molecule has 0 fully saturated rings. The van der Waals surface area contributed by atoms with Crippen LogP contribution >= 0.6 is 0 Å². The van der Waals surface area contributed by atoms with Gasteiger partial charge >= 0.3 is 21.1 Å². The van der Waals surface area contributed by atoms with Gasteiger partial charge in [0.1, 0.15) is 0 Å². The number of imidazole rings is 2. The summed E-state index contributed by atoms with van der Waals surface area (Å²) in [6.07, 6.45) is 5.79. The van der Waals surface area contributed by atoms with Crippen molar-refractivity contribution in [2.24, 2.45) is 0 Å².